The molecule has 0 aliphatic heterocycles. The van der Waals surface area contributed by atoms with Gasteiger partial charge in [0.15, 0.2) is 5.82 Å². The molecule has 30 heavy (non-hydrogen) atoms. The van der Waals surface area contributed by atoms with Crippen molar-refractivity contribution >= 4 is 23.4 Å². The molecule has 0 atom stereocenters. The zero-order valence-electron chi connectivity index (χ0n) is 15.9. The highest BCUT2D eigenvalue weighted by atomic mass is 35.5. The molecule has 3 aromatic heterocycles. The first-order chi connectivity index (χ1) is 14.7. The van der Waals surface area contributed by atoms with Gasteiger partial charge in [0, 0.05) is 47.5 Å². The molecule has 1 aromatic carbocycles. The van der Waals surface area contributed by atoms with Gasteiger partial charge in [-0.15, -0.1) is 10.2 Å². The second-order valence-electron chi connectivity index (χ2n) is 7.10. The van der Waals surface area contributed by atoms with Crippen LogP contribution in [0.25, 0.3) is 22.5 Å². The third-order valence-corrected chi connectivity index (χ3v) is 5.35. The maximum Gasteiger partial charge on any atom is 0.291 e. The molecule has 148 valence electrons. The minimum atomic E-state index is -0.414. The number of carbonyl (C=O) groups excluding carboxylic acids is 1. The van der Waals surface area contributed by atoms with Gasteiger partial charge in [0.25, 0.3) is 5.91 Å². The Morgan fingerprint density at radius 1 is 1.03 bits per heavy atom. The molecule has 0 N–H and O–H groups in total. The van der Waals surface area contributed by atoms with Crippen molar-refractivity contribution in [2.24, 2.45) is 0 Å². The molecule has 1 amide bonds. The number of hydrogen-bond acceptors (Lipinski definition) is 5. The summed E-state index contributed by atoms with van der Waals surface area (Å²) < 4.78 is 3.15. The zero-order chi connectivity index (χ0) is 20.5. The van der Waals surface area contributed by atoms with E-state index in [9.17, 15) is 4.79 Å². The molecule has 0 unspecified atom stereocenters. The Labute approximate surface area is 178 Å². The fourth-order valence-electron chi connectivity index (χ4n) is 3.31. The van der Waals surface area contributed by atoms with Crippen molar-refractivity contribution in [1.82, 2.24) is 24.7 Å². The second kappa shape index (κ2) is 7.68. The summed E-state index contributed by atoms with van der Waals surface area (Å²) in [6, 6.07) is 15.1. The van der Waals surface area contributed by atoms with Gasteiger partial charge in [-0.1, -0.05) is 18.2 Å². The van der Waals surface area contributed by atoms with Crippen LogP contribution in [0.3, 0.4) is 0 Å². The summed E-state index contributed by atoms with van der Waals surface area (Å²) >= 11 is 6.43. The number of pyridine rings is 2. The SMILES string of the molecule is O=C(c1cc(-c2cccnc2)ccn1)N(Cl)c1cccc(-c2nncn2C2CC2)c1. The van der Waals surface area contributed by atoms with Crippen LogP contribution in [0.15, 0.2) is 73.4 Å². The summed E-state index contributed by atoms with van der Waals surface area (Å²) in [4.78, 5) is 21.3. The van der Waals surface area contributed by atoms with Gasteiger partial charge in [0.1, 0.15) is 12.0 Å². The van der Waals surface area contributed by atoms with Crippen LogP contribution >= 0.6 is 11.8 Å². The van der Waals surface area contributed by atoms with Gasteiger partial charge in [-0.05, 0) is 48.7 Å². The standard InChI is InChI=1S/C22H17ClN6O/c23-29(22(30)20-12-15(8-10-25-20)17-4-2-9-24-13-17)19-5-1-3-16(11-19)21-27-26-14-28(21)18-6-7-18/h1-5,8-14,18H,6-7H2. The fourth-order valence-corrected chi connectivity index (χ4v) is 3.51. The molecule has 7 nitrogen and oxygen atoms in total. The Balaban J connectivity index is 1.43. The number of rotatable bonds is 5. The van der Waals surface area contributed by atoms with Crippen LogP contribution in [0.4, 0.5) is 5.69 Å². The first-order valence-electron chi connectivity index (χ1n) is 9.57. The molecule has 0 spiro atoms. The monoisotopic (exact) mass is 416 g/mol. The number of aromatic nitrogens is 5. The number of benzene rings is 1. The Bertz CT molecular complexity index is 1210. The summed E-state index contributed by atoms with van der Waals surface area (Å²) in [5.41, 5.74) is 3.39. The third-order valence-electron chi connectivity index (χ3n) is 5.00. The van der Waals surface area contributed by atoms with Crippen molar-refractivity contribution in [1.29, 1.82) is 0 Å². The highest BCUT2D eigenvalue weighted by Crippen LogP contribution is 2.38. The lowest BCUT2D eigenvalue weighted by Gasteiger charge is -2.15. The topological polar surface area (TPSA) is 76.8 Å². The minimum Gasteiger partial charge on any atom is -0.310 e. The smallest absolute Gasteiger partial charge is 0.291 e. The molecular formula is C22H17ClN6O. The van der Waals surface area contributed by atoms with Crippen LogP contribution < -0.4 is 4.42 Å². The van der Waals surface area contributed by atoms with Crippen LogP contribution in [-0.2, 0) is 0 Å². The van der Waals surface area contributed by atoms with E-state index in [-0.39, 0.29) is 5.69 Å². The van der Waals surface area contributed by atoms with Gasteiger partial charge >= 0.3 is 0 Å². The molecular weight excluding hydrogens is 400 g/mol. The summed E-state index contributed by atoms with van der Waals surface area (Å²) in [5, 5.41) is 8.28. The van der Waals surface area contributed by atoms with Crippen molar-refractivity contribution in [3.8, 4) is 22.5 Å². The van der Waals surface area contributed by atoms with E-state index in [4.69, 9.17) is 11.8 Å². The minimum absolute atomic E-state index is 0.248. The Morgan fingerprint density at radius 3 is 2.70 bits per heavy atom. The van der Waals surface area contributed by atoms with Gasteiger partial charge in [0.2, 0.25) is 0 Å². The quantitative estimate of drug-likeness (QED) is 0.446. The van der Waals surface area contributed by atoms with E-state index in [1.165, 1.54) is 0 Å². The molecule has 1 fully saturated rings. The maximum absolute atomic E-state index is 13.0. The van der Waals surface area contributed by atoms with Gasteiger partial charge in [-0.2, -0.15) is 0 Å². The predicted octanol–water partition coefficient (Wildman–Crippen LogP) is 4.54. The molecule has 0 saturated heterocycles. The van der Waals surface area contributed by atoms with Crippen LogP contribution in [-0.4, -0.2) is 30.6 Å². The third kappa shape index (κ3) is 3.55. The highest BCUT2D eigenvalue weighted by Gasteiger charge is 2.27. The van der Waals surface area contributed by atoms with E-state index in [0.717, 1.165) is 39.8 Å². The number of amides is 1. The Morgan fingerprint density at radius 2 is 1.90 bits per heavy atom. The van der Waals surface area contributed by atoms with Crippen molar-refractivity contribution in [2.45, 2.75) is 18.9 Å². The van der Waals surface area contributed by atoms with Gasteiger partial charge in [0.05, 0.1) is 5.69 Å². The first-order valence-corrected chi connectivity index (χ1v) is 9.91. The fraction of sp³-hybridized carbons (Fsp3) is 0.136. The van der Waals surface area contributed by atoms with Crippen molar-refractivity contribution in [3.05, 3.63) is 79.1 Å². The number of halogens is 1. The molecule has 8 heteroatoms. The second-order valence-corrected chi connectivity index (χ2v) is 7.44. The van der Waals surface area contributed by atoms with Crippen molar-refractivity contribution in [3.63, 3.8) is 0 Å². The number of hydrogen-bond donors (Lipinski definition) is 0. The molecule has 4 aromatic rings. The van der Waals surface area contributed by atoms with Crippen LogP contribution in [0.5, 0.6) is 0 Å². The molecule has 1 aliphatic carbocycles. The summed E-state index contributed by atoms with van der Waals surface area (Å²) in [6.07, 6.45) is 9.04. The molecule has 0 bridgehead atoms. The summed E-state index contributed by atoms with van der Waals surface area (Å²) in [5.74, 6) is 0.358. The first kappa shape index (κ1) is 18.4. The van der Waals surface area contributed by atoms with Crippen molar-refractivity contribution in [2.75, 3.05) is 4.42 Å². The number of nitrogens with zero attached hydrogens (tertiary/aromatic N) is 6. The summed E-state index contributed by atoms with van der Waals surface area (Å²) in [6.45, 7) is 0. The van der Waals surface area contributed by atoms with Crippen LogP contribution in [0.2, 0.25) is 0 Å². The van der Waals surface area contributed by atoms with Crippen LogP contribution in [0.1, 0.15) is 29.4 Å². The average molecular weight is 417 g/mol. The van der Waals surface area contributed by atoms with E-state index in [0.29, 0.717) is 11.7 Å². The predicted molar refractivity (Wildman–Crippen MR) is 114 cm³/mol. The van der Waals surface area contributed by atoms with Gasteiger partial charge < -0.3 is 4.57 Å². The summed E-state index contributed by atoms with van der Waals surface area (Å²) in [7, 11) is 0. The largest absolute Gasteiger partial charge is 0.310 e. The Kier molecular flexibility index (Phi) is 4.72. The van der Waals surface area contributed by atoms with E-state index in [1.807, 2.05) is 36.4 Å². The zero-order valence-corrected chi connectivity index (χ0v) is 16.6. The highest BCUT2D eigenvalue weighted by molar-refractivity contribution is 6.39. The number of anilines is 1. The van der Waals surface area contributed by atoms with Crippen molar-refractivity contribution < 1.29 is 4.79 Å². The lowest BCUT2D eigenvalue weighted by atomic mass is 10.1. The van der Waals surface area contributed by atoms with E-state index >= 15 is 0 Å². The lowest BCUT2D eigenvalue weighted by molar-refractivity contribution is 0.100. The molecule has 3 heterocycles. The molecule has 5 rings (SSSR count). The number of carbonyl (C=O) groups is 1. The molecule has 1 saturated carbocycles. The lowest BCUT2D eigenvalue weighted by Crippen LogP contribution is -2.22. The normalized spacial score (nSPS) is 13.2. The average Bonchev–Trinajstić information content (AvgIpc) is 3.54. The van der Waals surface area contributed by atoms with Crippen LogP contribution in [0, 0.1) is 0 Å². The molecule has 1 aliphatic rings. The van der Waals surface area contributed by atoms with E-state index in [2.05, 4.69) is 24.7 Å². The van der Waals surface area contributed by atoms with Gasteiger partial charge in [-0.25, -0.2) is 4.42 Å². The van der Waals surface area contributed by atoms with Gasteiger partial charge in [-0.3, -0.25) is 14.8 Å². The van der Waals surface area contributed by atoms with E-state index < -0.39 is 5.91 Å². The molecule has 0 radical (unpaired) electrons. The maximum atomic E-state index is 13.0. The van der Waals surface area contributed by atoms with E-state index in [1.54, 1.807) is 37.1 Å². The Hall–Kier alpha value is -3.58.